The van der Waals surface area contributed by atoms with E-state index in [4.69, 9.17) is 5.73 Å². The zero-order chi connectivity index (χ0) is 20.5. The first-order valence-corrected chi connectivity index (χ1v) is 9.22. The van der Waals surface area contributed by atoms with Crippen LogP contribution < -0.4 is 16.4 Å². The summed E-state index contributed by atoms with van der Waals surface area (Å²) in [5.74, 6) is 0.651. The summed E-state index contributed by atoms with van der Waals surface area (Å²) < 4.78 is 1.68. The first kappa shape index (κ1) is 19.5. The Kier molecular flexibility index (Phi) is 5.14. The Morgan fingerprint density at radius 1 is 1.00 bits per heavy atom. The van der Waals surface area contributed by atoms with E-state index in [0.717, 1.165) is 33.8 Å². The number of hydrogen-bond acceptors (Lipinski definition) is 3. The molecule has 3 rings (SSSR count). The van der Waals surface area contributed by atoms with Crippen molar-refractivity contribution >= 4 is 23.2 Å². The lowest BCUT2D eigenvalue weighted by Crippen LogP contribution is -2.21. The Labute approximate surface area is 165 Å². The normalized spacial score (nSPS) is 11.3. The van der Waals surface area contributed by atoms with Crippen LogP contribution >= 0.6 is 0 Å². The summed E-state index contributed by atoms with van der Waals surface area (Å²) in [5.41, 5.74) is 11.2. The standard InChI is InChI=1S/C22H27N5O/c1-14-12-16(15-6-9-17(23)10-7-15)8-11-18(14)24-21(28)25-20-13-19(22(2,3)4)26-27(20)5/h6-13H,23H2,1-5H3,(H2,24,25,28). The third-order valence-electron chi connectivity index (χ3n) is 4.61. The molecule has 6 nitrogen and oxygen atoms in total. The molecule has 0 aliphatic rings. The van der Waals surface area contributed by atoms with Crippen LogP contribution in [0.3, 0.4) is 0 Å². The number of aromatic nitrogens is 2. The van der Waals surface area contributed by atoms with Gasteiger partial charge in [-0.05, 0) is 47.9 Å². The second-order valence-electron chi connectivity index (χ2n) is 8.02. The van der Waals surface area contributed by atoms with Crippen molar-refractivity contribution in [3.63, 3.8) is 0 Å². The fourth-order valence-electron chi connectivity index (χ4n) is 2.88. The number of carbonyl (C=O) groups is 1. The topological polar surface area (TPSA) is 85.0 Å². The van der Waals surface area contributed by atoms with Crippen LogP contribution in [0.4, 0.5) is 22.0 Å². The Balaban J connectivity index is 1.72. The van der Waals surface area contributed by atoms with E-state index in [2.05, 4.69) is 36.5 Å². The van der Waals surface area contributed by atoms with Crippen molar-refractivity contribution in [2.24, 2.45) is 7.05 Å². The summed E-state index contributed by atoms with van der Waals surface area (Å²) in [6.07, 6.45) is 0. The summed E-state index contributed by atoms with van der Waals surface area (Å²) in [7, 11) is 1.82. The Morgan fingerprint density at radius 3 is 2.21 bits per heavy atom. The van der Waals surface area contributed by atoms with Gasteiger partial charge in [0.05, 0.1) is 5.69 Å². The number of hydrogen-bond donors (Lipinski definition) is 3. The fraction of sp³-hybridized carbons (Fsp3) is 0.273. The summed E-state index contributed by atoms with van der Waals surface area (Å²) in [5, 5.41) is 10.3. The molecule has 2 aromatic carbocycles. The average molecular weight is 377 g/mol. The molecule has 0 spiro atoms. The molecule has 28 heavy (non-hydrogen) atoms. The van der Waals surface area contributed by atoms with E-state index >= 15 is 0 Å². The van der Waals surface area contributed by atoms with Crippen LogP contribution in [0.2, 0.25) is 0 Å². The van der Waals surface area contributed by atoms with Crippen LogP contribution in [-0.4, -0.2) is 15.8 Å². The quantitative estimate of drug-likeness (QED) is 0.566. The van der Waals surface area contributed by atoms with E-state index in [-0.39, 0.29) is 11.4 Å². The molecule has 6 heteroatoms. The molecule has 0 bridgehead atoms. The van der Waals surface area contributed by atoms with E-state index in [1.54, 1.807) is 4.68 Å². The molecule has 146 valence electrons. The Hall–Kier alpha value is -3.28. The molecule has 1 heterocycles. The molecule has 2 amide bonds. The van der Waals surface area contributed by atoms with Gasteiger partial charge in [-0.1, -0.05) is 39.0 Å². The molecule has 0 saturated carbocycles. The van der Waals surface area contributed by atoms with Gasteiger partial charge in [0.1, 0.15) is 5.82 Å². The monoisotopic (exact) mass is 377 g/mol. The van der Waals surface area contributed by atoms with Gasteiger partial charge in [-0.3, -0.25) is 10.00 Å². The Bertz CT molecular complexity index is 997. The smallest absolute Gasteiger partial charge is 0.324 e. The predicted octanol–water partition coefficient (Wildman–Crippen LogP) is 4.92. The van der Waals surface area contributed by atoms with Crippen molar-refractivity contribution in [3.05, 3.63) is 59.8 Å². The van der Waals surface area contributed by atoms with E-state index in [1.807, 2.05) is 62.5 Å². The maximum atomic E-state index is 12.5. The first-order chi connectivity index (χ1) is 13.1. The van der Waals surface area contributed by atoms with Gasteiger partial charge in [0.25, 0.3) is 0 Å². The zero-order valence-corrected chi connectivity index (χ0v) is 17.0. The number of anilines is 3. The average Bonchev–Trinajstić information content (AvgIpc) is 2.98. The predicted molar refractivity (Wildman–Crippen MR) is 116 cm³/mol. The lowest BCUT2D eigenvalue weighted by Gasteiger charge is -2.13. The number of amides is 2. The highest BCUT2D eigenvalue weighted by Gasteiger charge is 2.19. The minimum absolute atomic E-state index is 0.0807. The molecule has 3 aromatic rings. The summed E-state index contributed by atoms with van der Waals surface area (Å²) in [6, 6.07) is 15.3. The molecule has 0 aliphatic heterocycles. The lowest BCUT2D eigenvalue weighted by atomic mass is 9.92. The van der Waals surface area contributed by atoms with E-state index in [9.17, 15) is 4.79 Å². The molecule has 0 saturated heterocycles. The number of urea groups is 1. The largest absolute Gasteiger partial charge is 0.399 e. The SMILES string of the molecule is Cc1cc(-c2ccc(N)cc2)ccc1NC(=O)Nc1cc(C(C)(C)C)nn1C. The van der Waals surface area contributed by atoms with Gasteiger partial charge < -0.3 is 11.1 Å². The number of nitrogen functional groups attached to an aromatic ring is 1. The molecule has 4 N–H and O–H groups in total. The number of rotatable bonds is 3. The summed E-state index contributed by atoms with van der Waals surface area (Å²) in [4.78, 5) is 12.5. The van der Waals surface area contributed by atoms with Gasteiger partial charge in [0.2, 0.25) is 0 Å². The van der Waals surface area contributed by atoms with Crippen molar-refractivity contribution in [1.82, 2.24) is 9.78 Å². The lowest BCUT2D eigenvalue weighted by molar-refractivity contribution is 0.262. The minimum Gasteiger partial charge on any atom is -0.399 e. The van der Waals surface area contributed by atoms with Gasteiger partial charge in [-0.25, -0.2) is 4.79 Å². The van der Waals surface area contributed by atoms with E-state index in [0.29, 0.717) is 5.82 Å². The Morgan fingerprint density at radius 2 is 1.64 bits per heavy atom. The highest BCUT2D eigenvalue weighted by atomic mass is 16.2. The molecular formula is C22H27N5O. The van der Waals surface area contributed by atoms with Crippen molar-refractivity contribution in [2.45, 2.75) is 33.1 Å². The van der Waals surface area contributed by atoms with E-state index in [1.165, 1.54) is 0 Å². The zero-order valence-electron chi connectivity index (χ0n) is 17.0. The molecule has 0 fully saturated rings. The third kappa shape index (κ3) is 4.34. The number of aryl methyl sites for hydroxylation is 2. The van der Waals surface area contributed by atoms with Crippen molar-refractivity contribution in [1.29, 1.82) is 0 Å². The first-order valence-electron chi connectivity index (χ1n) is 9.22. The molecule has 1 aromatic heterocycles. The van der Waals surface area contributed by atoms with Crippen molar-refractivity contribution in [3.8, 4) is 11.1 Å². The van der Waals surface area contributed by atoms with Crippen molar-refractivity contribution in [2.75, 3.05) is 16.4 Å². The number of carbonyl (C=O) groups excluding carboxylic acids is 1. The highest BCUT2D eigenvalue weighted by Crippen LogP contribution is 2.26. The van der Waals surface area contributed by atoms with Gasteiger partial charge in [-0.15, -0.1) is 0 Å². The second-order valence-corrected chi connectivity index (χ2v) is 8.02. The molecule has 0 radical (unpaired) electrons. The minimum atomic E-state index is -0.299. The maximum absolute atomic E-state index is 12.5. The number of nitrogens with zero attached hydrogens (tertiary/aromatic N) is 2. The molecular weight excluding hydrogens is 350 g/mol. The number of nitrogens with one attached hydrogen (secondary N) is 2. The van der Waals surface area contributed by atoms with Crippen LogP contribution in [0.5, 0.6) is 0 Å². The van der Waals surface area contributed by atoms with E-state index < -0.39 is 0 Å². The van der Waals surface area contributed by atoms with Gasteiger partial charge in [0.15, 0.2) is 0 Å². The van der Waals surface area contributed by atoms with Crippen LogP contribution in [0.25, 0.3) is 11.1 Å². The number of nitrogens with two attached hydrogens (primary N) is 1. The third-order valence-corrected chi connectivity index (χ3v) is 4.61. The molecule has 0 atom stereocenters. The van der Waals surface area contributed by atoms with Gasteiger partial charge >= 0.3 is 6.03 Å². The fourth-order valence-corrected chi connectivity index (χ4v) is 2.88. The maximum Gasteiger partial charge on any atom is 0.324 e. The van der Waals surface area contributed by atoms with Crippen molar-refractivity contribution < 1.29 is 4.79 Å². The number of benzene rings is 2. The highest BCUT2D eigenvalue weighted by molar-refractivity contribution is 6.00. The van der Waals surface area contributed by atoms with Crippen LogP contribution in [0.15, 0.2) is 48.5 Å². The van der Waals surface area contributed by atoms with Crippen LogP contribution in [0.1, 0.15) is 32.0 Å². The van der Waals surface area contributed by atoms with Crippen LogP contribution in [-0.2, 0) is 12.5 Å². The van der Waals surface area contributed by atoms with Gasteiger partial charge in [-0.2, -0.15) is 5.10 Å². The molecule has 0 aliphatic carbocycles. The summed E-state index contributed by atoms with van der Waals surface area (Å²) in [6.45, 7) is 8.24. The van der Waals surface area contributed by atoms with Gasteiger partial charge in [0, 0.05) is 29.9 Å². The summed E-state index contributed by atoms with van der Waals surface area (Å²) >= 11 is 0. The second kappa shape index (κ2) is 7.38. The molecule has 0 unspecified atom stereocenters. The van der Waals surface area contributed by atoms with Crippen LogP contribution in [0, 0.1) is 6.92 Å².